The molecular weight excluding hydrogens is 644 g/mol. The van der Waals surface area contributed by atoms with Crippen LogP contribution in [-0.2, 0) is 24.2 Å². The van der Waals surface area contributed by atoms with Crippen LogP contribution in [0.2, 0.25) is 0 Å². The molecule has 222 valence electrons. The molecule has 47 heavy (non-hydrogen) atoms. The molecular formula is C46H34Zr. The molecule has 0 N–H and O–H groups in total. The molecule has 0 radical (unpaired) electrons. The summed E-state index contributed by atoms with van der Waals surface area (Å²) in [5.41, 5.74) is 6.60. The van der Waals surface area contributed by atoms with Crippen LogP contribution in [0.25, 0.3) is 54.2 Å². The van der Waals surface area contributed by atoms with Gasteiger partial charge >= 0.3 is 99.2 Å². The number of hydrogen-bond donors (Lipinski definition) is 0. The predicted octanol–water partition coefficient (Wildman–Crippen LogP) is 12.2. The van der Waals surface area contributed by atoms with Crippen LogP contribution in [0.1, 0.15) is 16.7 Å². The molecule has 0 saturated carbocycles. The summed E-state index contributed by atoms with van der Waals surface area (Å²) < 4.78 is 1.42. The fraction of sp³-hybridized carbons (Fsp3) is 0.0217. The van der Waals surface area contributed by atoms with E-state index in [1.807, 2.05) is 0 Å². The first-order valence-electron chi connectivity index (χ1n) is 16.0. The number of rotatable bonds is 3. The Balaban J connectivity index is 0.000000116. The zero-order chi connectivity index (χ0) is 32.0. The van der Waals surface area contributed by atoms with Gasteiger partial charge in [0.05, 0.1) is 0 Å². The molecule has 0 aliphatic rings. The zero-order valence-corrected chi connectivity index (χ0v) is 28.9. The third kappa shape index (κ3) is 6.92. The molecule has 9 aromatic rings. The van der Waals surface area contributed by atoms with Crippen molar-refractivity contribution in [3.63, 3.8) is 0 Å². The third-order valence-electron chi connectivity index (χ3n) is 8.60. The molecule has 0 spiro atoms. The van der Waals surface area contributed by atoms with E-state index in [1.165, 1.54) is 98.3 Å². The van der Waals surface area contributed by atoms with Crippen LogP contribution in [0.5, 0.6) is 0 Å². The van der Waals surface area contributed by atoms with E-state index in [1.54, 1.807) is 0 Å². The van der Waals surface area contributed by atoms with Crippen LogP contribution in [0.15, 0.2) is 188 Å². The van der Waals surface area contributed by atoms with Gasteiger partial charge in [0.25, 0.3) is 0 Å². The first kappa shape index (κ1) is 30.7. The fourth-order valence-electron chi connectivity index (χ4n) is 6.27. The number of benzene rings is 7. The summed E-state index contributed by atoms with van der Waals surface area (Å²) in [6, 6.07) is 66.7. The van der Waals surface area contributed by atoms with Crippen molar-refractivity contribution in [3.8, 4) is 11.1 Å². The number of aryl methyl sites for hydroxylation is 1. The van der Waals surface area contributed by atoms with E-state index in [-0.39, 0.29) is 0 Å². The SMILES string of the molecule is Cc1cc2c(-c3ccc4ccccc4c3)cccc2[cH-]1.[Zr+2]=[C](c1ccccc1)c1ccccc1.c1ccc2c(c1)[cH-]c1ccccc12. The summed E-state index contributed by atoms with van der Waals surface area (Å²) in [4.78, 5) is 0. The Labute approximate surface area is 291 Å². The van der Waals surface area contributed by atoms with Gasteiger partial charge in [-0.2, -0.15) is 6.07 Å². The first-order chi connectivity index (χ1) is 23.1. The molecule has 0 amide bonds. The van der Waals surface area contributed by atoms with E-state index in [2.05, 4.69) is 195 Å². The maximum atomic E-state index is 2.28. The van der Waals surface area contributed by atoms with Crippen molar-refractivity contribution in [2.75, 3.05) is 0 Å². The van der Waals surface area contributed by atoms with Gasteiger partial charge in [-0.1, -0.05) is 91.3 Å². The van der Waals surface area contributed by atoms with E-state index in [0.717, 1.165) is 0 Å². The average Bonchev–Trinajstić information content (AvgIpc) is 3.72. The van der Waals surface area contributed by atoms with Crippen LogP contribution >= 0.6 is 0 Å². The van der Waals surface area contributed by atoms with Gasteiger partial charge in [-0.25, -0.2) is 0 Å². The molecule has 0 heterocycles. The van der Waals surface area contributed by atoms with Crippen molar-refractivity contribution in [1.82, 2.24) is 0 Å². The van der Waals surface area contributed by atoms with Crippen molar-refractivity contribution in [2.24, 2.45) is 0 Å². The van der Waals surface area contributed by atoms with Crippen molar-refractivity contribution >= 4 is 46.3 Å². The van der Waals surface area contributed by atoms with Gasteiger partial charge in [0.2, 0.25) is 0 Å². The maximum absolute atomic E-state index is 2.28. The normalized spacial score (nSPS) is 10.8. The topological polar surface area (TPSA) is 0 Å². The number of hydrogen-bond acceptors (Lipinski definition) is 0. The second kappa shape index (κ2) is 14.2. The fourth-order valence-corrected chi connectivity index (χ4v) is 7.09. The van der Waals surface area contributed by atoms with E-state index < -0.39 is 0 Å². The molecule has 0 unspecified atom stereocenters. The summed E-state index contributed by atoms with van der Waals surface area (Å²) in [7, 11) is 0. The molecule has 0 aliphatic heterocycles. The summed E-state index contributed by atoms with van der Waals surface area (Å²) >= 11 is 1.46. The average molecular weight is 678 g/mol. The van der Waals surface area contributed by atoms with Gasteiger partial charge in [0.15, 0.2) is 0 Å². The second-order valence-electron chi connectivity index (χ2n) is 11.8. The molecule has 9 aromatic carbocycles. The Morgan fingerprint density at radius 3 is 1.57 bits per heavy atom. The smallest absolute Gasteiger partial charge is 0.0771 e. The second-order valence-corrected chi connectivity index (χ2v) is 13.1. The summed E-state index contributed by atoms with van der Waals surface area (Å²) in [5.74, 6) is 0. The van der Waals surface area contributed by atoms with Crippen LogP contribution < -0.4 is 0 Å². The van der Waals surface area contributed by atoms with Crippen LogP contribution in [0.4, 0.5) is 0 Å². The molecule has 0 aromatic heterocycles. The van der Waals surface area contributed by atoms with Crippen molar-refractivity contribution in [1.29, 1.82) is 0 Å². The van der Waals surface area contributed by atoms with E-state index in [9.17, 15) is 0 Å². The summed E-state index contributed by atoms with van der Waals surface area (Å²) in [6.45, 7) is 2.16. The quantitative estimate of drug-likeness (QED) is 0.163. The Morgan fingerprint density at radius 2 is 0.936 bits per heavy atom. The van der Waals surface area contributed by atoms with Crippen molar-refractivity contribution in [3.05, 3.63) is 205 Å². The Bertz CT molecular complexity index is 2330. The van der Waals surface area contributed by atoms with E-state index in [4.69, 9.17) is 0 Å². The molecule has 9 rings (SSSR count). The van der Waals surface area contributed by atoms with Gasteiger partial charge < -0.3 is 0 Å². The van der Waals surface area contributed by atoms with Gasteiger partial charge in [-0.05, 0) is 22.4 Å². The molecule has 0 fully saturated rings. The molecule has 0 saturated heterocycles. The van der Waals surface area contributed by atoms with Gasteiger partial charge in [-0.3, -0.25) is 0 Å². The molecule has 0 atom stereocenters. The van der Waals surface area contributed by atoms with Gasteiger partial charge in [-0.15, -0.1) is 74.3 Å². The Hall–Kier alpha value is -4.97. The minimum Gasteiger partial charge on any atom is -0.126 e. The molecule has 0 nitrogen and oxygen atoms in total. The monoisotopic (exact) mass is 676 g/mol. The van der Waals surface area contributed by atoms with Crippen molar-refractivity contribution < 1.29 is 24.2 Å². The predicted molar refractivity (Wildman–Crippen MR) is 200 cm³/mol. The standard InChI is InChI=1S/C20H15.C13H9.C13H10.Zr/c1-14-11-17-7-4-8-19(20(17)12-14)18-10-9-15-5-2-3-6-16(15)13-18;1-3-7-12-10(5-1)9-11-6-2-4-8-13(11)12;1-3-7-12(8-4-1)11-13-9-5-2-6-10-13;/h2-13H,1H3;1-9H;1-10H;/q2*-1;;+2. The van der Waals surface area contributed by atoms with E-state index >= 15 is 0 Å². The van der Waals surface area contributed by atoms with Crippen molar-refractivity contribution in [2.45, 2.75) is 6.92 Å². The first-order valence-corrected chi connectivity index (χ1v) is 17.2. The molecule has 1 heteroatoms. The van der Waals surface area contributed by atoms with Crippen LogP contribution in [0, 0.1) is 6.92 Å². The Morgan fingerprint density at radius 1 is 0.426 bits per heavy atom. The molecule has 0 aliphatic carbocycles. The molecule has 0 bridgehead atoms. The van der Waals surface area contributed by atoms with E-state index in [0.29, 0.717) is 0 Å². The van der Waals surface area contributed by atoms with Crippen LogP contribution in [0.3, 0.4) is 0 Å². The summed E-state index contributed by atoms with van der Waals surface area (Å²) in [6.07, 6.45) is 0. The number of fused-ring (bicyclic) bond motifs is 5. The van der Waals surface area contributed by atoms with Crippen LogP contribution in [-0.4, -0.2) is 3.21 Å². The zero-order valence-electron chi connectivity index (χ0n) is 26.4. The Kier molecular flexibility index (Phi) is 9.27. The van der Waals surface area contributed by atoms with Gasteiger partial charge in [0, 0.05) is 0 Å². The van der Waals surface area contributed by atoms with Gasteiger partial charge in [0.1, 0.15) is 0 Å². The maximum Gasteiger partial charge on any atom is -0.0771 e. The third-order valence-corrected chi connectivity index (χ3v) is 10.0. The minimum absolute atomic E-state index is 1.29. The largest absolute Gasteiger partial charge is 0.126 e. The summed E-state index contributed by atoms with van der Waals surface area (Å²) in [5, 5.41) is 10.7. The minimum atomic E-state index is 1.29.